The first kappa shape index (κ1) is 22.1. The molecule has 0 fully saturated rings. The van der Waals surface area contributed by atoms with Crippen LogP contribution in [0.5, 0.6) is 0 Å². The lowest BCUT2D eigenvalue weighted by Crippen LogP contribution is -2.27. The summed E-state index contributed by atoms with van der Waals surface area (Å²) >= 11 is 0. The summed E-state index contributed by atoms with van der Waals surface area (Å²) in [5.41, 5.74) is 0. The van der Waals surface area contributed by atoms with Gasteiger partial charge >= 0.3 is 5.97 Å². The molecule has 0 heterocycles. The molecule has 136 valence electrons. The van der Waals surface area contributed by atoms with E-state index in [1.165, 1.54) is 25.7 Å². The maximum Gasteiger partial charge on any atom is 0.330 e. The Morgan fingerprint density at radius 3 is 2.35 bits per heavy atom. The molecule has 0 amide bonds. The maximum atomic E-state index is 11.5. The normalized spacial score (nSPS) is 11.5. The standard InChI is InChI=1S/C19H37NO3/c1-4-7-8-9-10-11-12-14-19(21)23-17-13-16-22-18-15-20(5-2)6-3/h12,14H,4-11,13,15-18H2,1-3H3. The summed E-state index contributed by atoms with van der Waals surface area (Å²) in [7, 11) is 0. The van der Waals surface area contributed by atoms with E-state index in [0.717, 1.165) is 45.5 Å². The second-order valence-corrected chi connectivity index (χ2v) is 5.77. The van der Waals surface area contributed by atoms with Crippen molar-refractivity contribution in [3.8, 4) is 0 Å². The Balaban J connectivity index is 3.36. The average molecular weight is 328 g/mol. The van der Waals surface area contributed by atoms with E-state index in [0.29, 0.717) is 13.2 Å². The number of hydrogen-bond donors (Lipinski definition) is 0. The molecule has 0 aromatic carbocycles. The summed E-state index contributed by atoms with van der Waals surface area (Å²) in [6, 6.07) is 0. The van der Waals surface area contributed by atoms with Crippen LogP contribution in [0.15, 0.2) is 12.2 Å². The highest BCUT2D eigenvalue weighted by atomic mass is 16.5. The number of carbonyl (C=O) groups is 1. The molecule has 0 saturated carbocycles. The number of rotatable bonds is 16. The molecule has 0 saturated heterocycles. The van der Waals surface area contributed by atoms with Crippen LogP contribution in [0.4, 0.5) is 0 Å². The van der Waals surface area contributed by atoms with Gasteiger partial charge in [-0.2, -0.15) is 0 Å². The predicted molar refractivity (Wildman–Crippen MR) is 96.7 cm³/mol. The molecule has 0 bridgehead atoms. The number of nitrogens with zero attached hydrogens (tertiary/aromatic N) is 1. The van der Waals surface area contributed by atoms with Crippen LogP contribution in [0.25, 0.3) is 0 Å². The molecule has 0 aliphatic heterocycles. The van der Waals surface area contributed by atoms with E-state index < -0.39 is 0 Å². The largest absolute Gasteiger partial charge is 0.462 e. The molecule has 4 heteroatoms. The topological polar surface area (TPSA) is 38.8 Å². The van der Waals surface area contributed by atoms with Crippen molar-refractivity contribution in [3.63, 3.8) is 0 Å². The first-order valence-corrected chi connectivity index (χ1v) is 9.37. The van der Waals surface area contributed by atoms with Gasteiger partial charge in [0.25, 0.3) is 0 Å². The molecular formula is C19H37NO3. The van der Waals surface area contributed by atoms with E-state index >= 15 is 0 Å². The molecule has 0 aromatic rings. The summed E-state index contributed by atoms with van der Waals surface area (Å²) in [6.45, 7) is 11.4. The Labute approximate surface area is 143 Å². The zero-order valence-corrected chi connectivity index (χ0v) is 15.5. The van der Waals surface area contributed by atoms with E-state index in [1.54, 1.807) is 6.08 Å². The summed E-state index contributed by atoms with van der Waals surface area (Å²) in [6.07, 6.45) is 11.5. The van der Waals surface area contributed by atoms with Gasteiger partial charge in [0.2, 0.25) is 0 Å². The van der Waals surface area contributed by atoms with E-state index in [2.05, 4.69) is 25.7 Å². The van der Waals surface area contributed by atoms with Gasteiger partial charge < -0.3 is 14.4 Å². The highest BCUT2D eigenvalue weighted by Gasteiger charge is 1.99. The lowest BCUT2D eigenvalue weighted by Gasteiger charge is -2.17. The number of hydrogen-bond acceptors (Lipinski definition) is 4. The van der Waals surface area contributed by atoms with Crippen molar-refractivity contribution in [3.05, 3.63) is 12.2 Å². The maximum absolute atomic E-state index is 11.5. The number of carbonyl (C=O) groups excluding carboxylic acids is 1. The minimum atomic E-state index is -0.235. The molecule has 4 nitrogen and oxygen atoms in total. The van der Waals surface area contributed by atoms with Crippen LogP contribution in [0.2, 0.25) is 0 Å². The van der Waals surface area contributed by atoms with Crippen molar-refractivity contribution in [2.24, 2.45) is 0 Å². The molecule has 0 unspecified atom stereocenters. The molecule has 0 aliphatic rings. The SMILES string of the molecule is CCCCCCCC=CC(=O)OCCCOCCN(CC)CC. The van der Waals surface area contributed by atoms with Crippen LogP contribution in [0.1, 0.15) is 65.7 Å². The first-order valence-electron chi connectivity index (χ1n) is 9.37. The monoisotopic (exact) mass is 327 g/mol. The number of esters is 1. The van der Waals surface area contributed by atoms with Crippen molar-refractivity contribution >= 4 is 5.97 Å². The third kappa shape index (κ3) is 15.8. The number of ether oxygens (including phenoxy) is 2. The van der Waals surface area contributed by atoms with E-state index in [9.17, 15) is 4.79 Å². The smallest absolute Gasteiger partial charge is 0.330 e. The number of unbranched alkanes of at least 4 members (excludes halogenated alkanes) is 5. The van der Waals surface area contributed by atoms with Gasteiger partial charge in [-0.25, -0.2) is 4.79 Å². The second-order valence-electron chi connectivity index (χ2n) is 5.77. The quantitative estimate of drug-likeness (QED) is 0.242. The lowest BCUT2D eigenvalue weighted by atomic mass is 10.1. The molecule has 0 atom stereocenters. The zero-order chi connectivity index (χ0) is 17.2. The molecule has 0 rings (SSSR count). The Morgan fingerprint density at radius 2 is 1.65 bits per heavy atom. The zero-order valence-electron chi connectivity index (χ0n) is 15.5. The molecule has 0 radical (unpaired) electrons. The van der Waals surface area contributed by atoms with Crippen molar-refractivity contribution in [1.82, 2.24) is 4.90 Å². The number of likely N-dealkylation sites (N-methyl/N-ethyl adjacent to an activating group) is 1. The van der Waals surface area contributed by atoms with Crippen LogP contribution in [0.3, 0.4) is 0 Å². The lowest BCUT2D eigenvalue weighted by molar-refractivity contribution is -0.138. The Morgan fingerprint density at radius 1 is 0.913 bits per heavy atom. The minimum Gasteiger partial charge on any atom is -0.462 e. The Hall–Kier alpha value is -0.870. The van der Waals surface area contributed by atoms with Crippen LogP contribution in [-0.2, 0) is 14.3 Å². The van der Waals surface area contributed by atoms with E-state index in [1.807, 2.05) is 6.08 Å². The van der Waals surface area contributed by atoms with Crippen LogP contribution >= 0.6 is 0 Å². The van der Waals surface area contributed by atoms with E-state index in [-0.39, 0.29) is 5.97 Å². The molecule has 0 aliphatic carbocycles. The van der Waals surface area contributed by atoms with Gasteiger partial charge in [0, 0.05) is 25.6 Å². The van der Waals surface area contributed by atoms with E-state index in [4.69, 9.17) is 9.47 Å². The van der Waals surface area contributed by atoms with Crippen molar-refractivity contribution in [1.29, 1.82) is 0 Å². The predicted octanol–water partition coefficient (Wildman–Crippen LogP) is 4.19. The van der Waals surface area contributed by atoms with Gasteiger partial charge in [0.05, 0.1) is 13.2 Å². The number of allylic oxidation sites excluding steroid dienone is 1. The molecule has 0 aromatic heterocycles. The van der Waals surface area contributed by atoms with Crippen molar-refractivity contribution in [2.75, 3.05) is 39.5 Å². The van der Waals surface area contributed by atoms with Gasteiger partial charge in [-0.05, 0) is 25.9 Å². The van der Waals surface area contributed by atoms with Gasteiger partial charge in [-0.15, -0.1) is 0 Å². The Kier molecular flexibility index (Phi) is 16.8. The van der Waals surface area contributed by atoms with Crippen LogP contribution < -0.4 is 0 Å². The molecular weight excluding hydrogens is 290 g/mol. The summed E-state index contributed by atoms with van der Waals surface area (Å²) in [4.78, 5) is 13.8. The highest BCUT2D eigenvalue weighted by molar-refractivity contribution is 5.81. The average Bonchev–Trinajstić information content (AvgIpc) is 2.56. The van der Waals surface area contributed by atoms with Crippen LogP contribution in [-0.4, -0.2) is 50.3 Å². The van der Waals surface area contributed by atoms with Gasteiger partial charge in [-0.3, -0.25) is 0 Å². The van der Waals surface area contributed by atoms with Crippen LogP contribution in [0, 0.1) is 0 Å². The third-order valence-electron chi connectivity index (χ3n) is 3.85. The third-order valence-corrected chi connectivity index (χ3v) is 3.85. The molecule has 0 spiro atoms. The fourth-order valence-corrected chi connectivity index (χ4v) is 2.26. The highest BCUT2D eigenvalue weighted by Crippen LogP contribution is 2.05. The van der Waals surface area contributed by atoms with Gasteiger partial charge in [0.1, 0.15) is 0 Å². The minimum absolute atomic E-state index is 0.235. The summed E-state index contributed by atoms with van der Waals surface area (Å²) < 4.78 is 10.7. The fourth-order valence-electron chi connectivity index (χ4n) is 2.26. The summed E-state index contributed by atoms with van der Waals surface area (Å²) in [5, 5.41) is 0. The second kappa shape index (κ2) is 17.5. The Bertz CT molecular complexity index is 288. The van der Waals surface area contributed by atoms with Crippen molar-refractivity contribution in [2.45, 2.75) is 65.7 Å². The van der Waals surface area contributed by atoms with Gasteiger partial charge in [-0.1, -0.05) is 52.5 Å². The fraction of sp³-hybridized carbons (Fsp3) is 0.842. The summed E-state index contributed by atoms with van der Waals surface area (Å²) in [5.74, 6) is -0.235. The van der Waals surface area contributed by atoms with Gasteiger partial charge in [0.15, 0.2) is 0 Å². The molecule has 23 heavy (non-hydrogen) atoms. The van der Waals surface area contributed by atoms with Crippen molar-refractivity contribution < 1.29 is 14.3 Å². The first-order chi connectivity index (χ1) is 11.2. The molecule has 0 N–H and O–H groups in total.